The van der Waals surface area contributed by atoms with E-state index in [9.17, 15) is 18.4 Å². The van der Waals surface area contributed by atoms with E-state index >= 15 is 0 Å². The van der Waals surface area contributed by atoms with Crippen molar-refractivity contribution in [2.24, 2.45) is 0 Å². The minimum absolute atomic E-state index is 0.0107. The van der Waals surface area contributed by atoms with E-state index < -0.39 is 18.4 Å². The number of carbonyl (C=O) groups excluding carboxylic acids is 2. The fraction of sp³-hybridized carbons (Fsp3) is 0.300. The van der Waals surface area contributed by atoms with Crippen LogP contribution in [0.2, 0.25) is 0 Å². The van der Waals surface area contributed by atoms with E-state index in [0.717, 1.165) is 12.8 Å². The van der Waals surface area contributed by atoms with Crippen molar-refractivity contribution < 1.29 is 27.8 Å². The van der Waals surface area contributed by atoms with Crippen molar-refractivity contribution in [1.29, 1.82) is 0 Å². The molecule has 2 N–H and O–H groups in total. The highest BCUT2D eigenvalue weighted by Gasteiger charge is 2.09. The summed E-state index contributed by atoms with van der Waals surface area (Å²) in [6.45, 7) is -0.447. The zero-order valence-electron chi connectivity index (χ0n) is 15.4. The van der Waals surface area contributed by atoms with Gasteiger partial charge in [-0.15, -0.1) is 0 Å². The highest BCUT2D eigenvalue weighted by Crippen LogP contribution is 2.17. The topological polar surface area (TPSA) is 76.7 Å². The Bertz CT molecular complexity index is 765. The van der Waals surface area contributed by atoms with Gasteiger partial charge in [0.2, 0.25) is 5.91 Å². The van der Waals surface area contributed by atoms with Gasteiger partial charge in [-0.1, -0.05) is 13.3 Å². The van der Waals surface area contributed by atoms with Gasteiger partial charge in [-0.2, -0.15) is 8.78 Å². The van der Waals surface area contributed by atoms with Gasteiger partial charge in [-0.3, -0.25) is 9.59 Å². The third-order valence-corrected chi connectivity index (χ3v) is 3.66. The quantitative estimate of drug-likeness (QED) is 0.603. The fourth-order valence-corrected chi connectivity index (χ4v) is 2.22. The summed E-state index contributed by atoms with van der Waals surface area (Å²) in [4.78, 5) is 24.0. The highest BCUT2D eigenvalue weighted by molar-refractivity contribution is 5.99. The van der Waals surface area contributed by atoms with Crippen LogP contribution in [0.3, 0.4) is 0 Å². The summed E-state index contributed by atoms with van der Waals surface area (Å²) in [5.41, 5.74) is 0.804. The summed E-state index contributed by atoms with van der Waals surface area (Å²) in [5, 5.41) is 5.06. The summed E-state index contributed by atoms with van der Waals surface area (Å²) in [6.07, 6.45) is 2.00. The molecule has 0 fully saturated rings. The number of rotatable bonds is 10. The van der Waals surface area contributed by atoms with Crippen molar-refractivity contribution in [2.75, 3.05) is 18.5 Å². The molecule has 2 aromatic carbocycles. The number of anilines is 1. The first-order valence-corrected chi connectivity index (χ1v) is 8.83. The molecule has 2 rings (SSSR count). The van der Waals surface area contributed by atoms with Gasteiger partial charge < -0.3 is 20.1 Å². The number of carbonyl (C=O) groups is 2. The molecule has 0 heterocycles. The smallest absolute Gasteiger partial charge is 0.387 e. The second kappa shape index (κ2) is 10.9. The van der Waals surface area contributed by atoms with Gasteiger partial charge >= 0.3 is 6.61 Å². The third kappa shape index (κ3) is 7.22. The second-order valence-electron chi connectivity index (χ2n) is 5.86. The van der Waals surface area contributed by atoms with Crippen molar-refractivity contribution in [3.8, 4) is 11.5 Å². The van der Waals surface area contributed by atoms with Crippen LogP contribution in [0.25, 0.3) is 0 Å². The number of hydrogen-bond donors (Lipinski definition) is 2. The van der Waals surface area contributed by atoms with Crippen LogP contribution in [-0.4, -0.2) is 31.6 Å². The first-order chi connectivity index (χ1) is 13.5. The molecule has 0 aliphatic carbocycles. The Morgan fingerprint density at radius 2 is 1.64 bits per heavy atom. The Labute approximate surface area is 161 Å². The molecule has 8 heteroatoms. The summed E-state index contributed by atoms with van der Waals surface area (Å²) < 4.78 is 34.0. The van der Waals surface area contributed by atoms with Crippen LogP contribution in [0, 0.1) is 0 Å². The van der Waals surface area contributed by atoms with E-state index in [2.05, 4.69) is 22.3 Å². The van der Waals surface area contributed by atoms with Crippen molar-refractivity contribution in [2.45, 2.75) is 26.4 Å². The predicted octanol–water partition coefficient (Wildman–Crippen LogP) is 3.84. The Morgan fingerprint density at radius 3 is 2.25 bits per heavy atom. The van der Waals surface area contributed by atoms with E-state index in [1.165, 1.54) is 24.3 Å². The van der Waals surface area contributed by atoms with Crippen molar-refractivity contribution in [3.05, 3.63) is 54.1 Å². The van der Waals surface area contributed by atoms with Gasteiger partial charge in [0.1, 0.15) is 11.5 Å². The van der Waals surface area contributed by atoms with Crippen LogP contribution in [-0.2, 0) is 4.79 Å². The Kier molecular flexibility index (Phi) is 8.20. The van der Waals surface area contributed by atoms with Crippen LogP contribution in [0.4, 0.5) is 14.5 Å². The fourth-order valence-electron chi connectivity index (χ4n) is 2.22. The lowest BCUT2D eigenvalue weighted by molar-refractivity contribution is -0.115. The summed E-state index contributed by atoms with van der Waals surface area (Å²) in [5.74, 6) is -0.170. The number of unbranched alkanes of at least 4 members (excludes halogenated alkanes) is 1. The van der Waals surface area contributed by atoms with E-state index in [1.54, 1.807) is 24.3 Å². The normalized spacial score (nSPS) is 10.4. The maximum absolute atomic E-state index is 12.1. The Balaban J connectivity index is 1.77. The van der Waals surface area contributed by atoms with E-state index in [1.807, 2.05) is 0 Å². The lowest BCUT2D eigenvalue weighted by Crippen LogP contribution is -2.32. The zero-order valence-corrected chi connectivity index (χ0v) is 15.4. The second-order valence-corrected chi connectivity index (χ2v) is 5.86. The molecule has 150 valence electrons. The van der Waals surface area contributed by atoms with Crippen molar-refractivity contribution in [3.63, 3.8) is 0 Å². The Hall–Kier alpha value is -3.16. The van der Waals surface area contributed by atoms with Crippen LogP contribution in [0.15, 0.2) is 48.5 Å². The highest BCUT2D eigenvalue weighted by atomic mass is 19.3. The summed E-state index contributed by atoms with van der Waals surface area (Å²) >= 11 is 0. The number of ether oxygens (including phenoxy) is 2. The van der Waals surface area contributed by atoms with E-state index in [0.29, 0.717) is 23.6 Å². The molecular formula is C20H22F2N2O4. The number of halogens is 2. The SMILES string of the molecule is CCCCOc1ccc(C(=O)NCC(=O)Nc2ccc(OC(F)F)cc2)cc1. The molecule has 2 aromatic rings. The van der Waals surface area contributed by atoms with Gasteiger partial charge in [-0.05, 0) is 55.0 Å². The van der Waals surface area contributed by atoms with Gasteiger partial charge in [0.25, 0.3) is 5.91 Å². The summed E-state index contributed by atoms with van der Waals surface area (Å²) in [7, 11) is 0. The number of benzene rings is 2. The predicted molar refractivity (Wildman–Crippen MR) is 101 cm³/mol. The summed E-state index contributed by atoms with van der Waals surface area (Å²) in [6, 6.07) is 12.1. The zero-order chi connectivity index (χ0) is 20.4. The number of nitrogens with one attached hydrogen (secondary N) is 2. The molecule has 0 aliphatic heterocycles. The molecule has 0 saturated heterocycles. The average molecular weight is 392 g/mol. The van der Waals surface area contributed by atoms with Crippen LogP contribution in [0.1, 0.15) is 30.1 Å². The molecule has 0 spiro atoms. The minimum Gasteiger partial charge on any atom is -0.494 e. The minimum atomic E-state index is -2.91. The maximum Gasteiger partial charge on any atom is 0.387 e. The van der Waals surface area contributed by atoms with Gasteiger partial charge in [0.15, 0.2) is 0 Å². The third-order valence-electron chi connectivity index (χ3n) is 3.66. The molecule has 0 aliphatic rings. The standard InChI is InChI=1S/C20H22F2N2O4/c1-2-3-12-27-16-8-4-14(5-9-16)19(26)23-13-18(25)24-15-6-10-17(11-7-15)28-20(21)22/h4-11,20H,2-3,12-13H2,1H3,(H,23,26)(H,24,25). The molecule has 6 nitrogen and oxygen atoms in total. The Morgan fingerprint density at radius 1 is 1.00 bits per heavy atom. The lowest BCUT2D eigenvalue weighted by Gasteiger charge is -2.09. The molecule has 28 heavy (non-hydrogen) atoms. The molecule has 0 unspecified atom stereocenters. The van der Waals surface area contributed by atoms with E-state index in [-0.39, 0.29) is 12.3 Å². The first kappa shape index (κ1) is 21.1. The van der Waals surface area contributed by atoms with Crippen LogP contribution >= 0.6 is 0 Å². The monoisotopic (exact) mass is 392 g/mol. The van der Waals surface area contributed by atoms with Crippen molar-refractivity contribution in [1.82, 2.24) is 5.32 Å². The number of amides is 2. The maximum atomic E-state index is 12.1. The molecule has 0 radical (unpaired) electrons. The average Bonchev–Trinajstić information content (AvgIpc) is 2.68. The van der Waals surface area contributed by atoms with E-state index in [4.69, 9.17) is 4.74 Å². The number of alkyl halides is 2. The molecule has 0 aromatic heterocycles. The number of hydrogen-bond acceptors (Lipinski definition) is 4. The van der Waals surface area contributed by atoms with Gasteiger partial charge in [0.05, 0.1) is 13.2 Å². The molecule has 0 atom stereocenters. The lowest BCUT2D eigenvalue weighted by atomic mass is 10.2. The van der Waals surface area contributed by atoms with Crippen molar-refractivity contribution >= 4 is 17.5 Å². The van der Waals surface area contributed by atoms with Gasteiger partial charge in [-0.25, -0.2) is 0 Å². The molecule has 0 saturated carbocycles. The largest absolute Gasteiger partial charge is 0.494 e. The van der Waals surface area contributed by atoms with Gasteiger partial charge in [0, 0.05) is 11.3 Å². The first-order valence-electron chi connectivity index (χ1n) is 8.83. The van der Waals surface area contributed by atoms with Crippen LogP contribution in [0.5, 0.6) is 11.5 Å². The van der Waals surface area contributed by atoms with Crippen LogP contribution < -0.4 is 20.1 Å². The molecule has 0 bridgehead atoms. The molecule has 2 amide bonds. The molecular weight excluding hydrogens is 370 g/mol.